The minimum Gasteiger partial charge on any atom is -0.378 e. The molecular weight excluding hydrogens is 708 g/mol. The predicted octanol–water partition coefficient (Wildman–Crippen LogP) is -0.0415. The molecule has 3 N–H and O–H groups in total. The van der Waals surface area contributed by atoms with Crippen molar-refractivity contribution in [3.05, 3.63) is 0 Å². The minimum absolute atomic E-state index is 0.0316. The fraction of sp³-hybridized carbons (Fsp3) is 0.848. The number of hydrogen-bond acceptors (Lipinski definition) is 15. The Morgan fingerprint density at radius 1 is 0.635 bits per heavy atom. The van der Waals surface area contributed by atoms with E-state index >= 15 is 0 Å². The van der Waals surface area contributed by atoms with E-state index in [-0.39, 0.29) is 56.5 Å². The van der Waals surface area contributed by atoms with Gasteiger partial charge in [0.2, 0.25) is 5.91 Å². The molecule has 3 heterocycles. The molecule has 0 saturated carbocycles. The summed E-state index contributed by atoms with van der Waals surface area (Å²) in [7, 11) is 0. The summed E-state index contributed by atoms with van der Waals surface area (Å²) in [5.41, 5.74) is 0. The zero-order chi connectivity index (χ0) is 37.1. The van der Waals surface area contributed by atoms with Gasteiger partial charge in [0.05, 0.1) is 124 Å². The van der Waals surface area contributed by atoms with Gasteiger partial charge in [0.25, 0.3) is 11.8 Å². The molecule has 0 radical (unpaired) electrons. The van der Waals surface area contributed by atoms with Gasteiger partial charge in [-0.05, 0) is 12.8 Å². The maximum Gasteiger partial charge on any atom is 0.335 e. The van der Waals surface area contributed by atoms with E-state index < -0.39 is 17.8 Å². The van der Waals surface area contributed by atoms with Crippen LogP contribution in [0.1, 0.15) is 44.9 Å². The van der Waals surface area contributed by atoms with Crippen molar-refractivity contribution in [3.8, 4) is 0 Å². The molecule has 3 aliphatic heterocycles. The topological polar surface area (TPSA) is 208 Å². The first-order valence-corrected chi connectivity index (χ1v) is 19.1. The molecule has 3 rings (SSSR count). The van der Waals surface area contributed by atoms with Gasteiger partial charge in [-0.3, -0.25) is 14.4 Å². The van der Waals surface area contributed by atoms with Crippen LogP contribution >= 0.6 is 11.8 Å². The van der Waals surface area contributed by atoms with E-state index in [0.717, 1.165) is 25.0 Å². The van der Waals surface area contributed by atoms with Crippen LogP contribution in [0.2, 0.25) is 0 Å². The summed E-state index contributed by atoms with van der Waals surface area (Å²) < 4.78 is 43.5. The van der Waals surface area contributed by atoms with Crippen molar-refractivity contribution in [3.63, 3.8) is 0 Å². The van der Waals surface area contributed by atoms with Crippen LogP contribution in [0.3, 0.4) is 0 Å². The number of imide groups is 1. The van der Waals surface area contributed by atoms with Gasteiger partial charge in [0, 0.05) is 36.8 Å². The molecule has 3 fully saturated rings. The highest BCUT2D eigenvalue weighted by Gasteiger charge is 2.42. The molecule has 0 aromatic rings. The Bertz CT molecular complexity index is 1040. The summed E-state index contributed by atoms with van der Waals surface area (Å²) in [4.78, 5) is 62.7. The number of nitrogens with one attached hydrogen (secondary N) is 3. The maximum absolute atomic E-state index is 12.0. The van der Waals surface area contributed by atoms with E-state index in [4.69, 9.17) is 42.7 Å². The second kappa shape index (κ2) is 27.9. The summed E-state index contributed by atoms with van der Waals surface area (Å²) in [6.07, 6.45) is 3.33. The number of rotatable bonds is 33. The number of carbonyl (C=O) groups excluding carboxylic acids is 5. The second-order valence-electron chi connectivity index (χ2n) is 11.9. The van der Waals surface area contributed by atoms with Gasteiger partial charge in [-0.2, -0.15) is 11.8 Å². The highest BCUT2D eigenvalue weighted by atomic mass is 32.2. The van der Waals surface area contributed by atoms with Crippen LogP contribution in [0.25, 0.3) is 0 Å². The Kier molecular flexibility index (Phi) is 23.5. The normalized spacial score (nSPS) is 19.6. The van der Waals surface area contributed by atoms with Crippen LogP contribution in [0.5, 0.6) is 0 Å². The lowest BCUT2D eigenvalue weighted by Crippen LogP contribution is -2.36. The van der Waals surface area contributed by atoms with E-state index in [1.807, 2.05) is 11.8 Å². The van der Waals surface area contributed by atoms with Crippen molar-refractivity contribution in [1.82, 2.24) is 21.0 Å². The lowest BCUT2D eigenvalue weighted by Gasteiger charge is -2.16. The van der Waals surface area contributed by atoms with Crippen LogP contribution in [-0.4, -0.2) is 170 Å². The van der Waals surface area contributed by atoms with Crippen LogP contribution in [0.15, 0.2) is 0 Å². The van der Waals surface area contributed by atoms with E-state index in [2.05, 4.69) is 16.0 Å². The molecule has 0 aromatic carbocycles. The summed E-state index contributed by atoms with van der Waals surface area (Å²) in [6.45, 7) is 6.89. The molecule has 3 aliphatic rings. The Hall–Kier alpha value is -2.62. The molecule has 18 nitrogen and oxygen atoms in total. The second-order valence-corrected chi connectivity index (χ2v) is 13.2. The van der Waals surface area contributed by atoms with Gasteiger partial charge in [0.15, 0.2) is 0 Å². The van der Waals surface area contributed by atoms with Gasteiger partial charge in [-0.25, -0.2) is 9.59 Å². The predicted molar refractivity (Wildman–Crippen MR) is 185 cm³/mol. The van der Waals surface area contributed by atoms with Crippen molar-refractivity contribution in [2.75, 3.05) is 118 Å². The lowest BCUT2D eigenvalue weighted by atomic mass is 10.0. The molecule has 3 saturated heterocycles. The van der Waals surface area contributed by atoms with Gasteiger partial charge < -0.3 is 58.7 Å². The zero-order valence-corrected chi connectivity index (χ0v) is 30.8. The first kappa shape index (κ1) is 43.8. The number of hydrogen-bond donors (Lipinski definition) is 3. The molecule has 3 atom stereocenters. The fourth-order valence-corrected chi connectivity index (χ4v) is 6.77. The summed E-state index contributed by atoms with van der Waals surface area (Å²) in [5, 5.41) is 9.77. The molecule has 0 aromatic heterocycles. The van der Waals surface area contributed by atoms with Gasteiger partial charge >= 0.3 is 12.0 Å². The third-order valence-corrected chi connectivity index (χ3v) is 9.41. The molecule has 19 heteroatoms. The van der Waals surface area contributed by atoms with Gasteiger partial charge in [-0.15, -0.1) is 5.06 Å². The van der Waals surface area contributed by atoms with Crippen molar-refractivity contribution < 1.29 is 66.7 Å². The number of carbonyl (C=O) groups is 5. The summed E-state index contributed by atoms with van der Waals surface area (Å²) >= 11 is 1.89. The first-order valence-electron chi connectivity index (χ1n) is 18.1. The van der Waals surface area contributed by atoms with Crippen LogP contribution < -0.4 is 16.0 Å². The quantitative estimate of drug-likeness (QED) is 0.0455. The van der Waals surface area contributed by atoms with Crippen LogP contribution in [0.4, 0.5) is 4.79 Å². The first-order chi connectivity index (χ1) is 25.4. The fourth-order valence-electron chi connectivity index (χ4n) is 5.23. The number of nitrogens with zero attached hydrogens (tertiary/aromatic N) is 1. The summed E-state index contributed by atoms with van der Waals surface area (Å²) in [5.74, 6) is -0.746. The molecule has 0 aliphatic carbocycles. The van der Waals surface area contributed by atoms with Crippen molar-refractivity contribution >= 4 is 41.5 Å². The van der Waals surface area contributed by atoms with E-state index in [9.17, 15) is 24.0 Å². The number of unbranched alkanes of at least 4 members (excludes halogenated alkanes) is 1. The highest BCUT2D eigenvalue weighted by Crippen LogP contribution is 2.33. The molecular formula is C33H56N4O14S. The average Bonchev–Trinajstić information content (AvgIpc) is 3.79. The smallest absolute Gasteiger partial charge is 0.335 e. The molecule has 0 spiro atoms. The molecule has 298 valence electrons. The highest BCUT2D eigenvalue weighted by molar-refractivity contribution is 8.00. The number of hydroxylamine groups is 2. The number of thioether (sulfide) groups is 1. The van der Waals surface area contributed by atoms with Crippen molar-refractivity contribution in [2.24, 2.45) is 0 Å². The SMILES string of the molecule is O=C(CCCCC1SC[C@H]2NC(=O)N[C@H]12)NCCOCCOCCOCCOCCOCCOCCOCCOCCC(=O)ON1C(=O)CCC1=O. The third kappa shape index (κ3) is 19.5. The molecule has 5 amide bonds. The lowest BCUT2D eigenvalue weighted by molar-refractivity contribution is -0.198. The van der Waals surface area contributed by atoms with Gasteiger partial charge in [0.1, 0.15) is 0 Å². The minimum atomic E-state index is -0.703. The Morgan fingerprint density at radius 3 is 1.63 bits per heavy atom. The zero-order valence-electron chi connectivity index (χ0n) is 30.0. The Balaban J connectivity index is 0.922. The van der Waals surface area contributed by atoms with E-state index in [1.165, 1.54) is 0 Å². The molecule has 1 unspecified atom stereocenters. The number of amides is 5. The van der Waals surface area contributed by atoms with Crippen molar-refractivity contribution in [1.29, 1.82) is 0 Å². The van der Waals surface area contributed by atoms with E-state index in [0.29, 0.717) is 116 Å². The standard InChI is InChI=1S/C33H56N4O14S/c38-28(4-2-1-3-27-32-26(25-52-27)35-33(42)36-32)34-8-10-44-12-14-46-16-18-48-20-22-50-24-23-49-21-19-47-17-15-45-13-11-43-9-7-31(41)51-37-29(39)5-6-30(37)40/h26-27,32H,1-25H2,(H,34,38)(H2,35,36,42)/t26-,27?,32+/m1/s1. The molecule has 0 bridgehead atoms. The van der Waals surface area contributed by atoms with Gasteiger partial charge in [-0.1, -0.05) is 6.42 Å². The average molecular weight is 765 g/mol. The maximum atomic E-state index is 12.0. The number of ether oxygens (including phenoxy) is 8. The number of fused-ring (bicyclic) bond motifs is 1. The summed E-state index contributed by atoms with van der Waals surface area (Å²) in [6, 6.07) is 0.384. The molecule has 52 heavy (non-hydrogen) atoms. The Morgan fingerprint density at radius 2 is 1.12 bits per heavy atom. The van der Waals surface area contributed by atoms with Crippen molar-refractivity contribution in [2.45, 2.75) is 62.3 Å². The largest absolute Gasteiger partial charge is 0.378 e. The monoisotopic (exact) mass is 764 g/mol. The van der Waals surface area contributed by atoms with E-state index in [1.54, 1.807) is 0 Å². The Labute approximate surface area is 309 Å². The van der Waals surface area contributed by atoms with Crippen LogP contribution in [0, 0.1) is 0 Å². The van der Waals surface area contributed by atoms with Crippen LogP contribution in [-0.2, 0) is 61.9 Å². The third-order valence-electron chi connectivity index (χ3n) is 7.90. The number of urea groups is 1.